The van der Waals surface area contributed by atoms with Crippen LogP contribution in [0.15, 0.2) is 261 Å². The standard InChI is InChI=1S/C30H26Cl4N2.2C22H25Cl3N2.C21H23Cl3N2.C20H21Cl3N2/c31-25-9-5-21(6-10-25)17-23-3-1-2-4-24(23)19-35-15-16-36(29-14-13-27(33)18-28(29)34)30(20-35)22-7-11-26(32)12-8-22;1-15-2-8-19(12-15)26-10-11-27(21-9-7-18(24)13-20(21)25)22(14-26)16-3-5-17(23)6-4-16;1-15-3-2-4-20(15)26-11-12-27(21-10-9-18(24)13-19(21)25)22(14-26)16-5-7-17(23)8-6-16;22-16-7-5-15(6-8-16)21-14-25(18-3-1-2-4-18)11-12-26(21)20-10-9-17(23)13-19(20)24;21-15-6-4-14(5-7-15)20-13-24(17-2-1-3-17)10-11-25(20)19-9-8-16(22)12-18(19)23/h1-14,18,30H,15-17,19-20H2;3-7,9,13,15,19,22H,2,8,10-12,14H2,1H3;5-10,13,15,20,22H,2-4,11-12,14H2,1H3;5-10,13,18,21H,1-4,11-12,14H2;4-9,12,17,20H,1-3,10-11,13H2. The van der Waals surface area contributed by atoms with E-state index in [0.717, 1.165) is 194 Å². The summed E-state index contributed by atoms with van der Waals surface area (Å²) in [7, 11) is 0. The number of hydrogen-bond acceptors (Lipinski definition) is 10. The van der Waals surface area contributed by atoms with E-state index in [1.165, 1.54) is 128 Å². The Kier molecular flexibility index (Phi) is 38.0. The Labute approximate surface area is 914 Å². The van der Waals surface area contributed by atoms with Crippen LogP contribution in [-0.2, 0) is 13.0 Å². The summed E-state index contributed by atoms with van der Waals surface area (Å²) in [5, 5.41) is 11.4. The lowest BCUT2D eigenvalue weighted by Crippen LogP contribution is -2.53. The zero-order valence-corrected chi connectivity index (χ0v) is 91.5. The van der Waals surface area contributed by atoms with Crippen molar-refractivity contribution in [3.63, 3.8) is 0 Å². The number of anilines is 5. The molecule has 4 aliphatic carbocycles. The van der Waals surface area contributed by atoms with Gasteiger partial charge in [-0.25, -0.2) is 0 Å². The molecule has 5 heterocycles. The van der Waals surface area contributed by atoms with Crippen molar-refractivity contribution in [2.45, 2.75) is 165 Å². The van der Waals surface area contributed by atoms with Crippen LogP contribution in [0.25, 0.3) is 0 Å². The van der Waals surface area contributed by atoms with Gasteiger partial charge in [0.2, 0.25) is 0 Å². The average Bonchev–Trinajstić information content (AvgIpc) is 1.16. The van der Waals surface area contributed by atoms with Gasteiger partial charge in [-0.3, -0.25) is 24.5 Å². The second kappa shape index (κ2) is 50.4. The number of hydrogen-bond donors (Lipinski definition) is 0. The molecule has 0 amide bonds. The van der Waals surface area contributed by atoms with Crippen LogP contribution in [0.1, 0.15) is 172 Å². The molecule has 9 unspecified atom stereocenters. The maximum absolute atomic E-state index is 6.65. The topological polar surface area (TPSA) is 32.4 Å². The molecule has 12 aromatic rings. The first-order valence-corrected chi connectivity index (χ1v) is 55.6. The van der Waals surface area contributed by atoms with Crippen molar-refractivity contribution in [3.05, 3.63) is 386 Å². The van der Waals surface area contributed by atoms with E-state index in [0.29, 0.717) is 62.3 Å². The first-order chi connectivity index (χ1) is 68.2. The average molecular weight is 2210 g/mol. The number of piperazine rings is 5. The van der Waals surface area contributed by atoms with E-state index in [1.54, 1.807) is 0 Å². The molecule has 5 aliphatic heterocycles. The number of halogens is 16. The monoisotopic (exact) mass is 2200 g/mol. The predicted molar refractivity (Wildman–Crippen MR) is 606 cm³/mol. The van der Waals surface area contributed by atoms with Gasteiger partial charge < -0.3 is 24.5 Å². The van der Waals surface area contributed by atoms with Crippen LogP contribution in [0.5, 0.6) is 0 Å². The molecule has 5 saturated heterocycles. The third-order valence-electron chi connectivity index (χ3n) is 30.2. The molecule has 0 bridgehead atoms. The van der Waals surface area contributed by atoms with Gasteiger partial charge in [0.25, 0.3) is 0 Å². The van der Waals surface area contributed by atoms with Gasteiger partial charge in [0.1, 0.15) is 0 Å². The van der Waals surface area contributed by atoms with E-state index >= 15 is 0 Å². The molecule has 9 aliphatic rings. The van der Waals surface area contributed by atoms with Crippen molar-refractivity contribution in [1.82, 2.24) is 24.5 Å². The van der Waals surface area contributed by atoms with Gasteiger partial charge in [-0.05, 0) is 284 Å². The minimum atomic E-state index is 0.137. The highest BCUT2D eigenvalue weighted by Gasteiger charge is 2.42. The van der Waals surface area contributed by atoms with Gasteiger partial charge >= 0.3 is 0 Å². The van der Waals surface area contributed by atoms with Crippen LogP contribution in [-0.4, -0.2) is 147 Å². The maximum atomic E-state index is 6.65. The highest BCUT2D eigenvalue weighted by atomic mass is 35.5. The Morgan fingerprint density at radius 3 is 0.830 bits per heavy atom. The minimum Gasteiger partial charge on any atom is -0.361 e. The van der Waals surface area contributed by atoms with Crippen LogP contribution >= 0.6 is 186 Å². The minimum absolute atomic E-state index is 0.137. The lowest BCUT2D eigenvalue weighted by Gasteiger charge is -2.48. The van der Waals surface area contributed by atoms with Crippen molar-refractivity contribution < 1.29 is 0 Å². The van der Waals surface area contributed by atoms with Crippen molar-refractivity contribution in [1.29, 1.82) is 0 Å². The van der Waals surface area contributed by atoms with Gasteiger partial charge in [-0.1, -0.05) is 322 Å². The second-order valence-electron chi connectivity index (χ2n) is 39.1. The number of nitrogens with zero attached hydrogens (tertiary/aromatic N) is 10. The van der Waals surface area contributed by atoms with Crippen LogP contribution in [0.3, 0.4) is 0 Å². The molecule has 21 rings (SSSR count). The molecular weight excluding hydrogens is 2090 g/mol. The first kappa shape index (κ1) is 106. The summed E-state index contributed by atoms with van der Waals surface area (Å²) in [6.45, 7) is 20.5. The van der Waals surface area contributed by atoms with Crippen LogP contribution in [0, 0.1) is 11.8 Å². The summed E-state index contributed by atoms with van der Waals surface area (Å²) in [4.78, 5) is 25.3. The van der Waals surface area contributed by atoms with Crippen molar-refractivity contribution in [2.75, 3.05) is 123 Å². The summed E-state index contributed by atoms with van der Waals surface area (Å²) >= 11 is 100. The van der Waals surface area contributed by atoms with E-state index < -0.39 is 0 Å². The summed E-state index contributed by atoms with van der Waals surface area (Å²) in [6, 6.07) is 90.9. The Balaban J connectivity index is 0.000000122. The largest absolute Gasteiger partial charge is 0.361 e. The summed E-state index contributed by atoms with van der Waals surface area (Å²) in [5.41, 5.74) is 15.5. The fourth-order valence-electron chi connectivity index (χ4n) is 22.5. The predicted octanol–water partition coefficient (Wildman–Crippen LogP) is 34.9. The molecule has 26 heteroatoms. The van der Waals surface area contributed by atoms with E-state index in [2.05, 4.69) is 160 Å². The third kappa shape index (κ3) is 27.6. The molecule has 141 heavy (non-hydrogen) atoms. The van der Waals surface area contributed by atoms with E-state index in [9.17, 15) is 0 Å². The van der Waals surface area contributed by atoms with Crippen molar-refractivity contribution >= 4 is 214 Å². The summed E-state index contributed by atoms with van der Waals surface area (Å²) in [6.07, 6.45) is 18.3. The fraction of sp³-hybridized carbons (Fsp3) is 0.374. The number of benzene rings is 12. The van der Waals surface area contributed by atoms with Crippen LogP contribution < -0.4 is 24.5 Å². The summed E-state index contributed by atoms with van der Waals surface area (Å²) < 4.78 is 0. The molecule has 0 spiro atoms. The third-order valence-corrected chi connectivity index (χ3v) is 34.4. The lowest BCUT2D eigenvalue weighted by molar-refractivity contribution is 0.103. The molecule has 4 saturated carbocycles. The molecule has 9 fully saturated rings. The lowest BCUT2D eigenvalue weighted by atomic mass is 9.89. The van der Waals surface area contributed by atoms with Crippen molar-refractivity contribution in [3.8, 4) is 0 Å². The Hall–Kier alpha value is -5.92. The first-order valence-electron chi connectivity index (χ1n) is 49.6. The number of rotatable bonds is 18. The highest BCUT2D eigenvalue weighted by Crippen LogP contribution is 2.47. The highest BCUT2D eigenvalue weighted by molar-refractivity contribution is 6.39. The summed E-state index contributed by atoms with van der Waals surface area (Å²) in [5.74, 6) is 1.62. The quantitative estimate of drug-likeness (QED) is 0.0828. The maximum Gasteiger partial charge on any atom is 0.0670 e. The van der Waals surface area contributed by atoms with Crippen molar-refractivity contribution in [2.24, 2.45) is 11.8 Å². The van der Waals surface area contributed by atoms with E-state index in [1.807, 2.05) is 164 Å². The van der Waals surface area contributed by atoms with Gasteiger partial charge in [0.05, 0.1) is 83.8 Å². The second-order valence-corrected chi connectivity index (χ2v) is 46.0. The van der Waals surface area contributed by atoms with Crippen LogP contribution in [0.4, 0.5) is 28.4 Å². The molecule has 742 valence electrons. The Morgan fingerprint density at radius 2 is 0.525 bits per heavy atom. The molecular formula is C115H120Cl16N10. The van der Waals surface area contributed by atoms with Gasteiger partial charge in [0.15, 0.2) is 0 Å². The molecule has 0 N–H and O–H groups in total. The smallest absolute Gasteiger partial charge is 0.0670 e. The zero-order valence-electron chi connectivity index (χ0n) is 79.4. The van der Waals surface area contributed by atoms with E-state index in [-0.39, 0.29) is 30.2 Å². The van der Waals surface area contributed by atoms with Gasteiger partial charge in [-0.2, -0.15) is 0 Å². The molecule has 12 aromatic carbocycles. The SMILES string of the molecule is CC1CCC(N2CCN(c3ccc(Cl)cc3Cl)C(c3ccc(Cl)cc3)C2)C1.CC1CCCC1N1CCN(c2ccc(Cl)cc2Cl)C(c2ccc(Cl)cc2)C1.Clc1ccc(C2CN(C3CCC3)CCN2c2ccc(Cl)cc2Cl)cc1.Clc1ccc(C2CN(C3CCCC3)CCN2c2ccc(Cl)cc2Cl)cc1.Clc1ccc(Cc2ccccc2CN2CCN(c3ccc(Cl)cc3Cl)C(c3ccc(Cl)cc3)C2)cc1. The van der Waals surface area contributed by atoms with Gasteiger partial charge in [0, 0.05) is 184 Å². The Morgan fingerprint density at radius 1 is 0.241 bits per heavy atom. The van der Waals surface area contributed by atoms with Gasteiger partial charge in [-0.15, -0.1) is 0 Å². The molecule has 0 radical (unpaired) electrons. The van der Waals surface area contributed by atoms with E-state index in [4.69, 9.17) is 186 Å². The molecule has 9 atom stereocenters. The Bertz CT molecular complexity index is 6100. The zero-order chi connectivity index (χ0) is 98.5. The normalized spacial score (nSPS) is 22.3. The molecule has 10 nitrogen and oxygen atoms in total. The van der Waals surface area contributed by atoms with Crippen LogP contribution in [0.2, 0.25) is 80.4 Å². The molecule has 0 aromatic heterocycles. The fourth-order valence-corrected chi connectivity index (χ4v) is 25.8.